The predicted molar refractivity (Wildman–Crippen MR) is 70.3 cm³/mol. The minimum Gasteiger partial charge on any atom is -0.483 e. The lowest BCUT2D eigenvalue weighted by Gasteiger charge is -2.32. The normalized spacial score (nSPS) is 18.8. The van der Waals surface area contributed by atoms with Crippen LogP contribution in [0, 0.1) is 6.92 Å². The molecule has 0 fully saturated rings. The van der Waals surface area contributed by atoms with Crippen molar-refractivity contribution in [2.75, 3.05) is 18.5 Å². The molecule has 5 heteroatoms. The van der Waals surface area contributed by atoms with E-state index in [-0.39, 0.29) is 6.10 Å². The van der Waals surface area contributed by atoms with Crippen LogP contribution in [0.5, 0.6) is 5.75 Å². The van der Waals surface area contributed by atoms with Gasteiger partial charge in [-0.1, -0.05) is 13.3 Å². The van der Waals surface area contributed by atoms with Crippen LogP contribution in [-0.2, 0) is 0 Å². The van der Waals surface area contributed by atoms with Crippen molar-refractivity contribution in [3.8, 4) is 5.75 Å². The first-order valence-corrected chi connectivity index (χ1v) is 6.42. The summed E-state index contributed by atoms with van der Waals surface area (Å²) in [5.74, 6) is 1.75. The molecule has 0 aromatic carbocycles. The fraction of sp³-hybridized carbons (Fsp3) is 0.538. The summed E-state index contributed by atoms with van der Waals surface area (Å²) in [6.45, 7) is 5.10. The average molecular weight is 246 g/mol. The predicted octanol–water partition coefficient (Wildman–Crippen LogP) is 2.04. The molecule has 0 saturated heterocycles. The van der Waals surface area contributed by atoms with Crippen LogP contribution in [0.1, 0.15) is 25.3 Å². The van der Waals surface area contributed by atoms with Gasteiger partial charge in [0.15, 0.2) is 17.2 Å². The summed E-state index contributed by atoms with van der Waals surface area (Å²) in [6.07, 6.45) is 6.22. The molecule has 3 rings (SSSR count). The molecule has 1 unspecified atom stereocenters. The van der Waals surface area contributed by atoms with E-state index in [2.05, 4.69) is 29.0 Å². The largest absolute Gasteiger partial charge is 0.483 e. The van der Waals surface area contributed by atoms with E-state index in [1.165, 1.54) is 0 Å². The molecule has 0 spiro atoms. The van der Waals surface area contributed by atoms with Crippen LogP contribution in [0.25, 0.3) is 5.65 Å². The van der Waals surface area contributed by atoms with E-state index in [1.807, 2.05) is 19.3 Å². The summed E-state index contributed by atoms with van der Waals surface area (Å²) in [7, 11) is 2.07. The Morgan fingerprint density at radius 2 is 2.33 bits per heavy atom. The second kappa shape index (κ2) is 4.15. The summed E-state index contributed by atoms with van der Waals surface area (Å²) in [4.78, 5) is 6.82. The molecule has 0 radical (unpaired) electrons. The number of nitrogens with zero attached hydrogens (tertiary/aromatic N) is 4. The number of ether oxygens (including phenoxy) is 1. The molecule has 3 heterocycles. The van der Waals surface area contributed by atoms with Gasteiger partial charge in [0.05, 0.1) is 18.9 Å². The summed E-state index contributed by atoms with van der Waals surface area (Å²) >= 11 is 0. The molecule has 0 bridgehead atoms. The molecule has 0 amide bonds. The highest BCUT2D eigenvalue weighted by atomic mass is 16.5. The van der Waals surface area contributed by atoms with Crippen molar-refractivity contribution in [2.45, 2.75) is 32.8 Å². The lowest BCUT2D eigenvalue weighted by atomic mass is 10.2. The van der Waals surface area contributed by atoms with E-state index < -0.39 is 0 Å². The Morgan fingerprint density at radius 1 is 1.50 bits per heavy atom. The smallest absolute Gasteiger partial charge is 0.180 e. The van der Waals surface area contributed by atoms with Gasteiger partial charge in [-0.3, -0.25) is 0 Å². The van der Waals surface area contributed by atoms with Gasteiger partial charge in [0.25, 0.3) is 0 Å². The lowest BCUT2D eigenvalue weighted by Crippen LogP contribution is -2.38. The maximum Gasteiger partial charge on any atom is 0.180 e. The first-order valence-electron chi connectivity index (χ1n) is 6.42. The highest BCUT2D eigenvalue weighted by molar-refractivity contribution is 5.60. The molecule has 2 aromatic heterocycles. The maximum atomic E-state index is 6.00. The van der Waals surface area contributed by atoms with Gasteiger partial charge in [0.2, 0.25) is 0 Å². The van der Waals surface area contributed by atoms with E-state index in [4.69, 9.17) is 4.74 Å². The summed E-state index contributed by atoms with van der Waals surface area (Å²) in [5.41, 5.74) is 1.99. The minimum atomic E-state index is 0.253. The molecule has 1 aliphatic rings. The van der Waals surface area contributed by atoms with Gasteiger partial charge in [-0.15, -0.1) is 0 Å². The van der Waals surface area contributed by atoms with E-state index in [0.717, 1.165) is 42.2 Å². The van der Waals surface area contributed by atoms with Gasteiger partial charge < -0.3 is 9.64 Å². The number of aromatic nitrogens is 3. The zero-order valence-electron chi connectivity index (χ0n) is 11.1. The van der Waals surface area contributed by atoms with Crippen molar-refractivity contribution in [1.82, 2.24) is 14.6 Å². The van der Waals surface area contributed by atoms with Crippen molar-refractivity contribution in [2.24, 2.45) is 0 Å². The first-order chi connectivity index (χ1) is 8.69. The fourth-order valence-electron chi connectivity index (χ4n) is 2.44. The molecule has 1 atom stereocenters. The zero-order valence-corrected chi connectivity index (χ0v) is 11.1. The molecular formula is C13H18N4O. The van der Waals surface area contributed by atoms with Crippen molar-refractivity contribution in [3.63, 3.8) is 0 Å². The van der Waals surface area contributed by atoms with Crippen molar-refractivity contribution >= 4 is 11.5 Å². The summed E-state index contributed by atoms with van der Waals surface area (Å²) in [6, 6.07) is 0. The van der Waals surface area contributed by atoms with E-state index in [0.29, 0.717) is 0 Å². The van der Waals surface area contributed by atoms with E-state index in [1.54, 1.807) is 4.52 Å². The Bertz CT molecular complexity index is 578. The number of anilines is 1. The quantitative estimate of drug-likeness (QED) is 0.813. The highest BCUT2D eigenvalue weighted by Crippen LogP contribution is 2.32. The molecule has 0 N–H and O–H groups in total. The van der Waals surface area contributed by atoms with Gasteiger partial charge in [-0.25, -0.2) is 9.50 Å². The number of aryl methyl sites for hydroxylation is 1. The van der Waals surface area contributed by atoms with Gasteiger partial charge in [-0.05, 0) is 13.3 Å². The fourth-order valence-corrected chi connectivity index (χ4v) is 2.44. The Morgan fingerprint density at radius 3 is 3.11 bits per heavy atom. The third-order valence-corrected chi connectivity index (χ3v) is 3.36. The van der Waals surface area contributed by atoms with Gasteiger partial charge in [-0.2, -0.15) is 5.10 Å². The Hall–Kier alpha value is -1.78. The number of hydrogen-bond donors (Lipinski definition) is 0. The third-order valence-electron chi connectivity index (χ3n) is 3.36. The van der Waals surface area contributed by atoms with Crippen LogP contribution in [0.2, 0.25) is 0 Å². The van der Waals surface area contributed by atoms with E-state index >= 15 is 0 Å². The number of likely N-dealkylation sites (N-methyl/N-ethyl adjacent to an activating group) is 1. The average Bonchev–Trinajstić information content (AvgIpc) is 2.69. The molecule has 5 nitrogen and oxygen atoms in total. The van der Waals surface area contributed by atoms with Crippen LogP contribution < -0.4 is 9.64 Å². The molecule has 18 heavy (non-hydrogen) atoms. The molecular weight excluding hydrogens is 228 g/mol. The lowest BCUT2D eigenvalue weighted by molar-refractivity contribution is 0.182. The van der Waals surface area contributed by atoms with Crippen molar-refractivity contribution in [1.29, 1.82) is 0 Å². The summed E-state index contributed by atoms with van der Waals surface area (Å²) in [5, 5.41) is 4.28. The maximum absolute atomic E-state index is 6.00. The molecule has 2 aromatic rings. The van der Waals surface area contributed by atoms with Gasteiger partial charge >= 0.3 is 0 Å². The molecule has 0 aliphatic carbocycles. The molecule has 0 saturated carbocycles. The van der Waals surface area contributed by atoms with Crippen molar-refractivity contribution in [3.05, 3.63) is 18.0 Å². The summed E-state index contributed by atoms with van der Waals surface area (Å²) < 4.78 is 7.78. The van der Waals surface area contributed by atoms with Gasteiger partial charge in [0, 0.05) is 12.6 Å². The van der Waals surface area contributed by atoms with Crippen LogP contribution >= 0.6 is 0 Å². The van der Waals surface area contributed by atoms with Crippen molar-refractivity contribution < 1.29 is 4.74 Å². The van der Waals surface area contributed by atoms with E-state index in [9.17, 15) is 0 Å². The highest BCUT2D eigenvalue weighted by Gasteiger charge is 2.25. The van der Waals surface area contributed by atoms with Crippen LogP contribution in [0.15, 0.2) is 12.4 Å². The van der Waals surface area contributed by atoms with Gasteiger partial charge in [0.1, 0.15) is 6.10 Å². The minimum absolute atomic E-state index is 0.253. The third kappa shape index (κ3) is 1.70. The van der Waals surface area contributed by atoms with Crippen LogP contribution in [0.4, 0.5) is 5.82 Å². The first kappa shape index (κ1) is 11.3. The Balaban J connectivity index is 2.05. The number of rotatable bonds is 2. The standard InChI is InChI=1S/C13H18N4O/c1-4-5-10-7-16(3)13-11(18-10)8-17-12(15-13)9(2)6-14-17/h6,8,10H,4-5,7H2,1-3H3. The molecule has 1 aliphatic heterocycles. The zero-order chi connectivity index (χ0) is 12.7. The SMILES string of the molecule is CCCC1CN(C)c2nc3c(C)cnn3cc2O1. The number of hydrogen-bond acceptors (Lipinski definition) is 4. The molecule has 96 valence electrons. The van der Waals surface area contributed by atoms with Crippen LogP contribution in [0.3, 0.4) is 0 Å². The van der Waals surface area contributed by atoms with Crippen LogP contribution in [-0.4, -0.2) is 34.3 Å². The number of fused-ring (bicyclic) bond motifs is 2. The second-order valence-corrected chi connectivity index (χ2v) is 4.93. The Labute approximate surface area is 106 Å². The Kier molecular flexibility index (Phi) is 2.61. The topological polar surface area (TPSA) is 42.7 Å². The second-order valence-electron chi connectivity index (χ2n) is 4.93. The monoisotopic (exact) mass is 246 g/mol.